The molecule has 0 radical (unpaired) electrons. The first-order valence-electron chi connectivity index (χ1n) is 8.66. The summed E-state index contributed by atoms with van der Waals surface area (Å²) in [5, 5.41) is 0. The predicted molar refractivity (Wildman–Crippen MR) is 116 cm³/mol. The molecule has 30 heavy (non-hydrogen) atoms. The Balaban J connectivity index is 2.15. The molecule has 0 saturated carbocycles. The average Bonchev–Trinajstić information content (AvgIpc) is 3.07. The Morgan fingerprint density at radius 2 is 1.70 bits per heavy atom. The molecule has 0 spiro atoms. The zero-order valence-electron chi connectivity index (χ0n) is 16.7. The molecule has 3 aromatic rings. The lowest BCUT2D eigenvalue weighted by molar-refractivity contribution is -0.141. The number of aromatic nitrogens is 1. The molecule has 0 aliphatic rings. The smallest absolute Gasteiger partial charge is 0.325 e. The van der Waals surface area contributed by atoms with Crippen molar-refractivity contribution in [3.8, 4) is 17.2 Å². The van der Waals surface area contributed by atoms with E-state index in [1.54, 1.807) is 4.57 Å². The Morgan fingerprint density at radius 3 is 2.27 bits per heavy atom. The third kappa shape index (κ3) is 4.34. The summed E-state index contributed by atoms with van der Waals surface area (Å²) in [6, 6.07) is 8.66. The number of ether oxygens (including phenoxy) is 4. The Kier molecular flexibility index (Phi) is 6.78. The summed E-state index contributed by atoms with van der Waals surface area (Å²) in [5.74, 6) is 0.109. The van der Waals surface area contributed by atoms with Crippen LogP contribution in [-0.4, -0.2) is 44.9 Å². The van der Waals surface area contributed by atoms with E-state index >= 15 is 0 Å². The number of esters is 1. The first-order chi connectivity index (χ1) is 14.4. The quantitative estimate of drug-likeness (QED) is 0.488. The van der Waals surface area contributed by atoms with Crippen LogP contribution in [0.5, 0.6) is 17.2 Å². The molecule has 0 N–H and O–H groups in total. The predicted octanol–water partition coefficient (Wildman–Crippen LogP) is 3.41. The van der Waals surface area contributed by atoms with Gasteiger partial charge in [-0.1, -0.05) is 27.3 Å². The number of methoxy groups -OCH3 is 4. The monoisotopic (exact) mass is 494 g/mol. The first-order valence-corrected chi connectivity index (χ1v) is 10.3. The SMILES string of the molecule is COC(=O)Cn1c(=NC(=O)c2cc(OC)c(OC)c(OC)c2)sc2cc(Br)ccc21. The summed E-state index contributed by atoms with van der Waals surface area (Å²) < 4.78 is 24.1. The number of carbonyl (C=O) groups is 2. The summed E-state index contributed by atoms with van der Waals surface area (Å²) in [6.07, 6.45) is 0. The van der Waals surface area contributed by atoms with Gasteiger partial charge >= 0.3 is 5.97 Å². The lowest BCUT2D eigenvalue weighted by atomic mass is 10.1. The van der Waals surface area contributed by atoms with Crippen LogP contribution in [-0.2, 0) is 16.1 Å². The van der Waals surface area contributed by atoms with Crippen molar-refractivity contribution in [2.45, 2.75) is 6.54 Å². The Labute approximate surface area is 184 Å². The highest BCUT2D eigenvalue weighted by molar-refractivity contribution is 9.10. The van der Waals surface area contributed by atoms with Gasteiger partial charge in [0.25, 0.3) is 5.91 Å². The highest BCUT2D eigenvalue weighted by Crippen LogP contribution is 2.38. The molecular formula is C20H19BrN2O6S. The van der Waals surface area contributed by atoms with Gasteiger partial charge in [-0.05, 0) is 30.3 Å². The standard InChI is InChI=1S/C20H19BrN2O6S/c1-26-14-7-11(8-15(27-2)18(14)29-4)19(25)22-20-23(10-17(24)28-3)13-6-5-12(21)9-16(13)30-20/h5-9H,10H2,1-4H3. The fraction of sp³-hybridized carbons (Fsp3) is 0.250. The number of hydrogen-bond donors (Lipinski definition) is 0. The largest absolute Gasteiger partial charge is 0.493 e. The molecule has 2 aromatic carbocycles. The van der Waals surface area contributed by atoms with Gasteiger partial charge in [0, 0.05) is 10.0 Å². The summed E-state index contributed by atoms with van der Waals surface area (Å²) in [4.78, 5) is 29.5. The minimum absolute atomic E-state index is 0.0699. The van der Waals surface area contributed by atoms with Crippen LogP contribution >= 0.6 is 27.3 Å². The topological polar surface area (TPSA) is 88.4 Å². The summed E-state index contributed by atoms with van der Waals surface area (Å²) >= 11 is 4.72. The van der Waals surface area contributed by atoms with Crippen LogP contribution in [0.15, 0.2) is 39.8 Å². The fourth-order valence-corrected chi connectivity index (χ4v) is 4.41. The zero-order valence-corrected chi connectivity index (χ0v) is 19.1. The van der Waals surface area contributed by atoms with Crippen molar-refractivity contribution in [1.82, 2.24) is 4.57 Å². The van der Waals surface area contributed by atoms with E-state index in [1.807, 2.05) is 18.2 Å². The third-order valence-corrected chi connectivity index (χ3v) is 5.80. The Hall–Kier alpha value is -2.85. The van der Waals surface area contributed by atoms with Crippen molar-refractivity contribution in [2.24, 2.45) is 4.99 Å². The summed E-state index contributed by atoms with van der Waals surface area (Å²) in [5.41, 5.74) is 1.03. The number of amides is 1. The molecule has 0 aliphatic heterocycles. The van der Waals surface area contributed by atoms with Crippen LogP contribution in [0.2, 0.25) is 0 Å². The van der Waals surface area contributed by atoms with Crippen LogP contribution in [0, 0.1) is 0 Å². The normalized spacial score (nSPS) is 11.4. The molecular weight excluding hydrogens is 476 g/mol. The molecule has 0 atom stereocenters. The maximum atomic E-state index is 13.0. The number of benzene rings is 2. The summed E-state index contributed by atoms with van der Waals surface area (Å²) in [6.45, 7) is -0.0699. The van der Waals surface area contributed by atoms with Gasteiger partial charge in [0.05, 0.1) is 38.7 Å². The minimum Gasteiger partial charge on any atom is -0.493 e. The number of halogens is 1. The molecule has 0 saturated heterocycles. The van der Waals surface area contributed by atoms with Crippen LogP contribution in [0.25, 0.3) is 10.2 Å². The van der Waals surface area contributed by atoms with Crippen molar-refractivity contribution in [3.05, 3.63) is 45.2 Å². The first kappa shape index (κ1) is 21.8. The molecule has 3 rings (SSSR count). The molecule has 1 aromatic heterocycles. The van der Waals surface area contributed by atoms with Crippen molar-refractivity contribution in [2.75, 3.05) is 28.4 Å². The molecule has 158 valence electrons. The molecule has 0 fully saturated rings. The molecule has 0 bridgehead atoms. The van der Waals surface area contributed by atoms with Gasteiger partial charge in [-0.3, -0.25) is 9.59 Å². The van der Waals surface area contributed by atoms with E-state index in [4.69, 9.17) is 18.9 Å². The second kappa shape index (κ2) is 9.31. The van der Waals surface area contributed by atoms with Crippen molar-refractivity contribution in [3.63, 3.8) is 0 Å². The third-order valence-electron chi connectivity index (χ3n) is 4.27. The number of hydrogen-bond acceptors (Lipinski definition) is 7. The van der Waals surface area contributed by atoms with Crippen LogP contribution in [0.3, 0.4) is 0 Å². The van der Waals surface area contributed by atoms with E-state index in [1.165, 1.54) is 51.9 Å². The molecule has 1 amide bonds. The van der Waals surface area contributed by atoms with Crippen LogP contribution in [0.1, 0.15) is 10.4 Å². The van der Waals surface area contributed by atoms with Crippen LogP contribution in [0.4, 0.5) is 0 Å². The van der Waals surface area contributed by atoms with E-state index < -0.39 is 11.9 Å². The number of nitrogens with zero attached hydrogens (tertiary/aromatic N) is 2. The van der Waals surface area contributed by atoms with E-state index in [-0.39, 0.29) is 12.1 Å². The molecule has 0 aliphatic carbocycles. The molecule has 1 heterocycles. The molecule has 0 unspecified atom stereocenters. The Bertz CT molecular complexity index is 1160. The second-order valence-corrected chi connectivity index (χ2v) is 7.91. The zero-order chi connectivity index (χ0) is 21.8. The fourth-order valence-electron chi connectivity index (χ4n) is 2.83. The van der Waals surface area contributed by atoms with Gasteiger partial charge in [-0.15, -0.1) is 0 Å². The van der Waals surface area contributed by atoms with Crippen molar-refractivity contribution >= 4 is 49.4 Å². The van der Waals surface area contributed by atoms with Gasteiger partial charge in [-0.2, -0.15) is 4.99 Å². The van der Waals surface area contributed by atoms with Gasteiger partial charge in [0.2, 0.25) is 5.75 Å². The minimum atomic E-state index is -0.515. The van der Waals surface area contributed by atoms with Crippen molar-refractivity contribution in [1.29, 1.82) is 0 Å². The maximum Gasteiger partial charge on any atom is 0.325 e. The second-order valence-electron chi connectivity index (χ2n) is 5.99. The highest BCUT2D eigenvalue weighted by Gasteiger charge is 2.18. The van der Waals surface area contributed by atoms with E-state index in [2.05, 4.69) is 20.9 Å². The maximum absolute atomic E-state index is 13.0. The van der Waals surface area contributed by atoms with Crippen LogP contribution < -0.4 is 19.0 Å². The van der Waals surface area contributed by atoms with Gasteiger partial charge in [0.1, 0.15) is 6.54 Å². The van der Waals surface area contributed by atoms with Crippen molar-refractivity contribution < 1.29 is 28.5 Å². The van der Waals surface area contributed by atoms with E-state index in [0.717, 1.165) is 14.7 Å². The average molecular weight is 495 g/mol. The van der Waals surface area contributed by atoms with Gasteiger partial charge < -0.3 is 23.5 Å². The lowest BCUT2D eigenvalue weighted by Gasteiger charge is -2.12. The number of thiazole rings is 1. The van der Waals surface area contributed by atoms with Gasteiger partial charge in [0.15, 0.2) is 16.3 Å². The molecule has 8 nitrogen and oxygen atoms in total. The highest BCUT2D eigenvalue weighted by atomic mass is 79.9. The number of carbonyl (C=O) groups excluding carboxylic acids is 2. The number of rotatable bonds is 6. The van der Waals surface area contributed by atoms with E-state index in [9.17, 15) is 9.59 Å². The lowest BCUT2D eigenvalue weighted by Crippen LogP contribution is -2.22. The Morgan fingerprint density at radius 1 is 1.03 bits per heavy atom. The van der Waals surface area contributed by atoms with Gasteiger partial charge in [-0.25, -0.2) is 0 Å². The molecule has 10 heteroatoms. The summed E-state index contributed by atoms with van der Waals surface area (Å²) in [7, 11) is 5.73. The number of fused-ring (bicyclic) bond motifs is 1. The van der Waals surface area contributed by atoms with E-state index in [0.29, 0.717) is 22.0 Å².